The molecule has 1 aliphatic rings. The predicted molar refractivity (Wildman–Crippen MR) is 110 cm³/mol. The van der Waals surface area contributed by atoms with E-state index >= 15 is 0 Å². The van der Waals surface area contributed by atoms with Crippen LogP contribution in [0.4, 0.5) is 27.3 Å². The van der Waals surface area contributed by atoms with E-state index in [9.17, 15) is 9.18 Å². The summed E-state index contributed by atoms with van der Waals surface area (Å²) in [5.74, 6) is -0.00686. The summed E-state index contributed by atoms with van der Waals surface area (Å²) in [6.07, 6.45) is 3.96. The predicted octanol–water partition coefficient (Wildman–Crippen LogP) is 4.82. The molecule has 0 spiro atoms. The molecule has 0 aliphatic carbocycles. The second kappa shape index (κ2) is 8.08. The Balaban J connectivity index is 1.38. The van der Waals surface area contributed by atoms with Gasteiger partial charge in [-0.1, -0.05) is 6.07 Å². The van der Waals surface area contributed by atoms with E-state index in [1.807, 2.05) is 24.3 Å². The number of anilines is 4. The number of rotatable bonds is 5. The Morgan fingerprint density at radius 2 is 1.75 bits per heavy atom. The first-order valence-corrected chi connectivity index (χ1v) is 9.32. The molecule has 2 N–H and O–H groups in total. The molecule has 1 saturated heterocycles. The maximum absolute atomic E-state index is 13.2. The first-order valence-electron chi connectivity index (χ1n) is 9.32. The van der Waals surface area contributed by atoms with Gasteiger partial charge < -0.3 is 15.5 Å². The monoisotopic (exact) mass is 376 g/mol. The van der Waals surface area contributed by atoms with Crippen LogP contribution in [0.25, 0.3) is 0 Å². The molecule has 1 amide bonds. The first-order chi connectivity index (χ1) is 13.7. The summed E-state index contributed by atoms with van der Waals surface area (Å²) in [7, 11) is 0. The van der Waals surface area contributed by atoms with Crippen LogP contribution in [0.3, 0.4) is 0 Å². The number of carbonyl (C=O) groups excluding carboxylic acids is 1. The number of halogens is 1. The molecule has 142 valence electrons. The van der Waals surface area contributed by atoms with Gasteiger partial charge in [-0.25, -0.2) is 9.37 Å². The minimum absolute atomic E-state index is 0.223. The number of nitrogens with one attached hydrogen (secondary N) is 2. The molecule has 1 aliphatic heterocycles. The fraction of sp³-hybridized carbons (Fsp3) is 0.182. The normalized spacial score (nSPS) is 13.4. The first kappa shape index (κ1) is 18.0. The van der Waals surface area contributed by atoms with E-state index < -0.39 is 0 Å². The van der Waals surface area contributed by atoms with Crippen LogP contribution in [0, 0.1) is 5.82 Å². The summed E-state index contributed by atoms with van der Waals surface area (Å²) in [5, 5.41) is 5.89. The van der Waals surface area contributed by atoms with Crippen molar-refractivity contribution in [2.24, 2.45) is 0 Å². The zero-order chi connectivity index (χ0) is 19.3. The van der Waals surface area contributed by atoms with Gasteiger partial charge in [0.2, 0.25) is 0 Å². The van der Waals surface area contributed by atoms with Crippen LogP contribution in [0.15, 0.2) is 66.9 Å². The van der Waals surface area contributed by atoms with Crippen molar-refractivity contribution in [1.82, 2.24) is 4.98 Å². The molecule has 4 rings (SSSR count). The highest BCUT2D eigenvalue weighted by Crippen LogP contribution is 2.22. The molecule has 1 aromatic heterocycles. The van der Waals surface area contributed by atoms with Crippen LogP contribution in [0.1, 0.15) is 23.2 Å². The van der Waals surface area contributed by atoms with Crippen molar-refractivity contribution in [2.45, 2.75) is 12.8 Å². The van der Waals surface area contributed by atoms with E-state index in [4.69, 9.17) is 0 Å². The second-order valence-electron chi connectivity index (χ2n) is 6.76. The van der Waals surface area contributed by atoms with Crippen molar-refractivity contribution in [1.29, 1.82) is 0 Å². The Bertz CT molecular complexity index is 951. The van der Waals surface area contributed by atoms with Crippen LogP contribution in [0.5, 0.6) is 0 Å². The third-order valence-electron chi connectivity index (χ3n) is 4.72. The molecule has 3 aromatic rings. The van der Waals surface area contributed by atoms with E-state index in [0.29, 0.717) is 17.1 Å². The fourth-order valence-electron chi connectivity index (χ4n) is 3.25. The van der Waals surface area contributed by atoms with Crippen molar-refractivity contribution in [3.05, 3.63) is 78.2 Å². The summed E-state index contributed by atoms with van der Waals surface area (Å²) >= 11 is 0. The number of carbonyl (C=O) groups is 1. The van der Waals surface area contributed by atoms with Gasteiger partial charge in [0.1, 0.15) is 11.6 Å². The Morgan fingerprint density at radius 3 is 2.43 bits per heavy atom. The minimum Gasteiger partial charge on any atom is -0.372 e. The summed E-state index contributed by atoms with van der Waals surface area (Å²) in [6, 6.07) is 17.4. The lowest BCUT2D eigenvalue weighted by Crippen LogP contribution is -2.17. The van der Waals surface area contributed by atoms with Gasteiger partial charge in [0, 0.05) is 36.3 Å². The molecular weight excluding hydrogens is 355 g/mol. The number of aromatic nitrogens is 1. The number of amides is 1. The smallest absolute Gasteiger partial charge is 0.257 e. The van der Waals surface area contributed by atoms with Crippen LogP contribution >= 0.6 is 0 Å². The topological polar surface area (TPSA) is 57.3 Å². The molecule has 2 aromatic carbocycles. The Kier molecular flexibility index (Phi) is 5.19. The molecule has 0 bridgehead atoms. The van der Waals surface area contributed by atoms with Gasteiger partial charge >= 0.3 is 0 Å². The van der Waals surface area contributed by atoms with Gasteiger partial charge in [0.05, 0.1) is 5.56 Å². The highest BCUT2D eigenvalue weighted by Gasteiger charge is 2.12. The van der Waals surface area contributed by atoms with Gasteiger partial charge in [0.25, 0.3) is 5.91 Å². The van der Waals surface area contributed by atoms with Gasteiger partial charge in [-0.05, 0) is 67.4 Å². The minimum atomic E-state index is -0.322. The van der Waals surface area contributed by atoms with Crippen molar-refractivity contribution in [3.8, 4) is 0 Å². The summed E-state index contributed by atoms with van der Waals surface area (Å²) in [5.41, 5.74) is 2.98. The molecule has 0 saturated carbocycles. The van der Waals surface area contributed by atoms with Crippen molar-refractivity contribution in [3.63, 3.8) is 0 Å². The van der Waals surface area contributed by atoms with Crippen LogP contribution in [-0.4, -0.2) is 24.0 Å². The molecule has 0 unspecified atom stereocenters. The largest absolute Gasteiger partial charge is 0.372 e. The molecule has 2 heterocycles. The Labute approximate surface area is 163 Å². The second-order valence-corrected chi connectivity index (χ2v) is 6.76. The van der Waals surface area contributed by atoms with Crippen molar-refractivity contribution in [2.75, 3.05) is 28.6 Å². The molecule has 1 fully saturated rings. The zero-order valence-electron chi connectivity index (χ0n) is 15.4. The SMILES string of the molecule is O=C(Nc1ccc(N2CCCC2)cc1)c1ccc(Nc2cccc(F)c2)nc1. The number of hydrogen-bond donors (Lipinski definition) is 2. The number of nitrogens with zero attached hydrogens (tertiary/aromatic N) is 2. The van der Waals surface area contributed by atoms with E-state index in [2.05, 4.69) is 20.5 Å². The fourth-order valence-corrected chi connectivity index (χ4v) is 3.25. The highest BCUT2D eigenvalue weighted by molar-refractivity contribution is 6.04. The van der Waals surface area contributed by atoms with Gasteiger partial charge in [-0.15, -0.1) is 0 Å². The number of pyridine rings is 1. The Morgan fingerprint density at radius 1 is 0.964 bits per heavy atom. The van der Waals surface area contributed by atoms with Crippen LogP contribution < -0.4 is 15.5 Å². The lowest BCUT2D eigenvalue weighted by atomic mass is 10.2. The quantitative estimate of drug-likeness (QED) is 0.670. The lowest BCUT2D eigenvalue weighted by molar-refractivity contribution is 0.102. The average molecular weight is 376 g/mol. The maximum atomic E-state index is 13.2. The summed E-state index contributed by atoms with van der Waals surface area (Å²) in [4.78, 5) is 19.0. The van der Waals surface area contributed by atoms with E-state index in [0.717, 1.165) is 18.8 Å². The summed E-state index contributed by atoms with van der Waals surface area (Å²) in [6.45, 7) is 2.18. The molecule has 6 heteroatoms. The van der Waals surface area contributed by atoms with Gasteiger partial charge in [-0.2, -0.15) is 0 Å². The number of hydrogen-bond acceptors (Lipinski definition) is 4. The molecular formula is C22H21FN4O. The molecule has 0 radical (unpaired) electrons. The molecule has 0 atom stereocenters. The van der Waals surface area contributed by atoms with Gasteiger partial charge in [-0.3, -0.25) is 4.79 Å². The standard InChI is InChI=1S/C22H21FN4O/c23-17-4-3-5-19(14-17)25-21-11-6-16(15-24-21)22(28)26-18-7-9-20(10-8-18)27-12-1-2-13-27/h3-11,14-15H,1-2,12-13H2,(H,24,25)(H,26,28). The average Bonchev–Trinajstić information content (AvgIpc) is 3.24. The van der Waals surface area contributed by atoms with E-state index in [1.165, 1.54) is 36.9 Å². The van der Waals surface area contributed by atoms with E-state index in [-0.39, 0.29) is 11.7 Å². The lowest BCUT2D eigenvalue weighted by Gasteiger charge is -2.17. The van der Waals surface area contributed by atoms with Crippen molar-refractivity contribution >= 4 is 28.8 Å². The third-order valence-corrected chi connectivity index (χ3v) is 4.72. The highest BCUT2D eigenvalue weighted by atomic mass is 19.1. The van der Waals surface area contributed by atoms with Crippen LogP contribution in [-0.2, 0) is 0 Å². The maximum Gasteiger partial charge on any atom is 0.257 e. The summed E-state index contributed by atoms with van der Waals surface area (Å²) < 4.78 is 13.2. The third kappa shape index (κ3) is 4.28. The molecule has 28 heavy (non-hydrogen) atoms. The zero-order valence-corrected chi connectivity index (χ0v) is 15.4. The van der Waals surface area contributed by atoms with Gasteiger partial charge in [0.15, 0.2) is 0 Å². The van der Waals surface area contributed by atoms with E-state index in [1.54, 1.807) is 24.3 Å². The van der Waals surface area contributed by atoms with Crippen LogP contribution in [0.2, 0.25) is 0 Å². The van der Waals surface area contributed by atoms with Crippen molar-refractivity contribution < 1.29 is 9.18 Å². The number of benzene rings is 2. The Hall–Kier alpha value is -3.41. The molecule has 5 nitrogen and oxygen atoms in total.